The summed E-state index contributed by atoms with van der Waals surface area (Å²) in [4.78, 5) is 4.48. The van der Waals surface area contributed by atoms with Gasteiger partial charge >= 0.3 is 0 Å². The van der Waals surface area contributed by atoms with E-state index in [1.807, 2.05) is 60.7 Å². The van der Waals surface area contributed by atoms with Gasteiger partial charge in [0.2, 0.25) is 0 Å². The molecule has 1 heterocycles. The van der Waals surface area contributed by atoms with Crippen molar-refractivity contribution in [2.45, 2.75) is 0 Å². The second-order valence-electron chi connectivity index (χ2n) is 6.94. The number of rotatable bonds is 5. The Morgan fingerprint density at radius 1 is 0.774 bits per heavy atom. The smallest absolute Gasteiger partial charge is 0.142 e. The number of pyridine rings is 1. The van der Waals surface area contributed by atoms with Crippen molar-refractivity contribution in [2.75, 3.05) is 20.0 Å². The quantitative estimate of drug-likeness (QED) is 0.469. The van der Waals surface area contributed by atoms with Gasteiger partial charge < -0.3 is 15.2 Å². The first-order valence-corrected chi connectivity index (χ1v) is 9.73. The molecule has 0 amide bonds. The second kappa shape index (κ2) is 8.60. The molecule has 0 radical (unpaired) electrons. The molecule has 5 nitrogen and oxygen atoms in total. The van der Waals surface area contributed by atoms with Crippen molar-refractivity contribution in [3.63, 3.8) is 0 Å². The Morgan fingerprint density at radius 2 is 1.45 bits per heavy atom. The lowest BCUT2D eigenvalue weighted by Crippen LogP contribution is -2.01. The van der Waals surface area contributed by atoms with E-state index in [0.29, 0.717) is 28.3 Å². The maximum Gasteiger partial charge on any atom is 0.142 e. The van der Waals surface area contributed by atoms with Gasteiger partial charge in [0.05, 0.1) is 19.9 Å². The fourth-order valence-electron chi connectivity index (χ4n) is 3.53. The number of anilines is 1. The lowest BCUT2D eigenvalue weighted by Gasteiger charge is -2.14. The molecular formula is C26H21N3O2. The molecule has 0 aliphatic heterocycles. The van der Waals surface area contributed by atoms with Gasteiger partial charge in [-0.2, -0.15) is 5.26 Å². The topological polar surface area (TPSA) is 81.2 Å². The number of nitrogen functional groups attached to an aromatic ring is 1. The summed E-state index contributed by atoms with van der Waals surface area (Å²) in [5.41, 5.74) is 11.7. The highest BCUT2D eigenvalue weighted by atomic mass is 16.5. The number of nitrogens with two attached hydrogens (primary N) is 1. The van der Waals surface area contributed by atoms with Crippen molar-refractivity contribution in [2.24, 2.45) is 0 Å². The Balaban J connectivity index is 1.84. The Morgan fingerprint density at radius 3 is 2.10 bits per heavy atom. The Hall–Kier alpha value is -4.30. The molecule has 5 heteroatoms. The number of nitrogens with zero attached hydrogens (tertiary/aromatic N) is 2. The number of aromatic nitrogens is 1. The van der Waals surface area contributed by atoms with Crippen molar-refractivity contribution in [3.8, 4) is 51.1 Å². The number of hydrogen-bond donors (Lipinski definition) is 1. The zero-order valence-electron chi connectivity index (χ0n) is 17.3. The fraction of sp³-hybridized carbons (Fsp3) is 0.0769. The summed E-state index contributed by atoms with van der Waals surface area (Å²) in [5, 5.41) is 9.73. The van der Waals surface area contributed by atoms with Crippen LogP contribution in [0.3, 0.4) is 0 Å². The molecule has 0 spiro atoms. The molecule has 0 saturated carbocycles. The summed E-state index contributed by atoms with van der Waals surface area (Å²) in [6.45, 7) is 0. The van der Waals surface area contributed by atoms with Gasteiger partial charge in [0, 0.05) is 16.7 Å². The predicted molar refractivity (Wildman–Crippen MR) is 123 cm³/mol. The first kappa shape index (κ1) is 20.0. The van der Waals surface area contributed by atoms with Crippen molar-refractivity contribution in [1.82, 2.24) is 4.98 Å². The van der Waals surface area contributed by atoms with Crippen molar-refractivity contribution in [1.29, 1.82) is 5.26 Å². The first-order chi connectivity index (χ1) is 15.1. The van der Waals surface area contributed by atoms with E-state index in [4.69, 9.17) is 15.2 Å². The van der Waals surface area contributed by atoms with Crippen molar-refractivity contribution >= 4 is 5.82 Å². The third-order valence-electron chi connectivity index (χ3n) is 5.14. The molecule has 3 aromatic carbocycles. The van der Waals surface area contributed by atoms with Gasteiger partial charge in [0.15, 0.2) is 0 Å². The molecule has 4 aromatic rings. The van der Waals surface area contributed by atoms with Gasteiger partial charge in [0.1, 0.15) is 28.9 Å². The largest absolute Gasteiger partial charge is 0.497 e. The van der Waals surface area contributed by atoms with Crippen LogP contribution in [0.2, 0.25) is 0 Å². The van der Waals surface area contributed by atoms with Gasteiger partial charge in [0.25, 0.3) is 0 Å². The lowest BCUT2D eigenvalue weighted by atomic mass is 9.96. The van der Waals surface area contributed by atoms with Crippen LogP contribution in [0, 0.1) is 11.3 Å². The molecule has 0 aliphatic rings. The third kappa shape index (κ3) is 3.92. The van der Waals surface area contributed by atoms with Crippen molar-refractivity contribution in [3.05, 3.63) is 84.4 Å². The number of benzene rings is 3. The molecule has 0 atom stereocenters. The van der Waals surface area contributed by atoms with E-state index in [9.17, 15) is 5.26 Å². The lowest BCUT2D eigenvalue weighted by molar-refractivity contribution is 0.404. The molecular weight excluding hydrogens is 386 g/mol. The van der Waals surface area contributed by atoms with Gasteiger partial charge in [-0.1, -0.05) is 54.6 Å². The van der Waals surface area contributed by atoms with Gasteiger partial charge in [-0.25, -0.2) is 4.98 Å². The van der Waals surface area contributed by atoms with Gasteiger partial charge in [-0.05, 0) is 35.4 Å². The van der Waals surface area contributed by atoms with Crippen LogP contribution in [0.15, 0.2) is 78.9 Å². The average Bonchev–Trinajstić information content (AvgIpc) is 2.83. The summed E-state index contributed by atoms with van der Waals surface area (Å²) < 4.78 is 10.9. The van der Waals surface area contributed by atoms with Crippen LogP contribution < -0.4 is 15.2 Å². The molecule has 0 fully saturated rings. The Kier molecular flexibility index (Phi) is 5.55. The molecule has 1 aromatic heterocycles. The molecule has 0 saturated heterocycles. The average molecular weight is 407 g/mol. The summed E-state index contributed by atoms with van der Waals surface area (Å²) in [5.74, 6) is 1.45. The standard InChI is InChI=1S/C26H21N3O2/c1-30-20-12-13-25(31-2)22(14-20)21-15-24(29-26(28)23(21)16-27)19-10-8-18(9-11-19)17-6-4-3-5-7-17/h3-15H,1-2H3,(H2,28,29). The minimum atomic E-state index is 0.173. The van der Waals surface area contributed by atoms with E-state index in [1.165, 1.54) is 0 Å². The van der Waals surface area contributed by atoms with Crippen LogP contribution in [0.5, 0.6) is 11.5 Å². The normalized spacial score (nSPS) is 10.4. The highest BCUT2D eigenvalue weighted by Gasteiger charge is 2.17. The second-order valence-corrected chi connectivity index (χ2v) is 6.94. The van der Waals surface area contributed by atoms with Crippen LogP contribution in [-0.2, 0) is 0 Å². The van der Waals surface area contributed by atoms with E-state index < -0.39 is 0 Å². The zero-order chi connectivity index (χ0) is 21.8. The third-order valence-corrected chi connectivity index (χ3v) is 5.14. The maximum absolute atomic E-state index is 9.73. The monoisotopic (exact) mass is 407 g/mol. The number of ether oxygens (including phenoxy) is 2. The van der Waals surface area contributed by atoms with E-state index >= 15 is 0 Å². The summed E-state index contributed by atoms with van der Waals surface area (Å²) in [6.07, 6.45) is 0. The number of nitriles is 1. The molecule has 2 N–H and O–H groups in total. The van der Waals surface area contributed by atoms with Crippen LogP contribution >= 0.6 is 0 Å². The van der Waals surface area contributed by atoms with E-state index in [2.05, 4.69) is 23.2 Å². The minimum Gasteiger partial charge on any atom is -0.497 e. The van der Waals surface area contributed by atoms with Crippen LogP contribution in [0.4, 0.5) is 5.82 Å². The van der Waals surface area contributed by atoms with E-state index in [1.54, 1.807) is 20.3 Å². The fourth-order valence-corrected chi connectivity index (χ4v) is 3.53. The molecule has 152 valence electrons. The Labute approximate surface area is 181 Å². The van der Waals surface area contributed by atoms with Crippen LogP contribution in [-0.4, -0.2) is 19.2 Å². The van der Waals surface area contributed by atoms with Crippen LogP contribution in [0.25, 0.3) is 33.5 Å². The summed E-state index contributed by atoms with van der Waals surface area (Å²) >= 11 is 0. The zero-order valence-corrected chi connectivity index (χ0v) is 17.3. The number of hydrogen-bond acceptors (Lipinski definition) is 5. The SMILES string of the molecule is COc1ccc(OC)c(-c2cc(-c3ccc(-c4ccccc4)cc3)nc(N)c2C#N)c1. The molecule has 4 rings (SSSR count). The maximum atomic E-state index is 9.73. The molecule has 0 bridgehead atoms. The molecule has 0 aliphatic carbocycles. The van der Waals surface area contributed by atoms with E-state index in [0.717, 1.165) is 22.3 Å². The molecule has 0 unspecified atom stereocenters. The minimum absolute atomic E-state index is 0.173. The Bertz CT molecular complexity index is 1260. The van der Waals surface area contributed by atoms with Gasteiger partial charge in [-0.15, -0.1) is 0 Å². The predicted octanol–water partition coefficient (Wildman–Crippen LogP) is 5.55. The van der Waals surface area contributed by atoms with E-state index in [-0.39, 0.29) is 5.82 Å². The first-order valence-electron chi connectivity index (χ1n) is 9.73. The summed E-state index contributed by atoms with van der Waals surface area (Å²) in [6, 6.07) is 27.7. The number of methoxy groups -OCH3 is 2. The summed E-state index contributed by atoms with van der Waals surface area (Å²) in [7, 11) is 3.18. The molecule has 31 heavy (non-hydrogen) atoms. The van der Waals surface area contributed by atoms with Gasteiger partial charge in [-0.3, -0.25) is 0 Å². The highest BCUT2D eigenvalue weighted by molar-refractivity contribution is 5.84. The highest BCUT2D eigenvalue weighted by Crippen LogP contribution is 2.38. The van der Waals surface area contributed by atoms with Crippen molar-refractivity contribution < 1.29 is 9.47 Å². The van der Waals surface area contributed by atoms with Crippen LogP contribution in [0.1, 0.15) is 5.56 Å².